The van der Waals surface area contributed by atoms with Gasteiger partial charge in [0.05, 0.1) is 4.92 Å². The third kappa shape index (κ3) is 3.00. The van der Waals surface area contributed by atoms with Gasteiger partial charge in [-0.1, -0.05) is 6.07 Å². The van der Waals surface area contributed by atoms with Crippen molar-refractivity contribution in [2.24, 2.45) is 11.5 Å². The SMILES string of the molecule is NC(=O)CCc1c(C(N)=O)cccc1[N+](=O)[O-]. The first kappa shape index (κ1) is 12.6. The molecule has 1 rings (SSSR count). The second kappa shape index (κ2) is 5.06. The molecule has 0 bridgehead atoms. The molecular weight excluding hydrogens is 226 g/mol. The summed E-state index contributed by atoms with van der Waals surface area (Å²) in [6, 6.07) is 4.00. The summed E-state index contributed by atoms with van der Waals surface area (Å²) in [5.41, 5.74) is 10.0. The highest BCUT2D eigenvalue weighted by molar-refractivity contribution is 5.95. The van der Waals surface area contributed by atoms with E-state index in [1.54, 1.807) is 0 Å². The molecule has 0 aliphatic heterocycles. The number of primary amides is 2. The molecule has 1 aromatic rings. The van der Waals surface area contributed by atoms with Crippen molar-refractivity contribution in [3.8, 4) is 0 Å². The van der Waals surface area contributed by atoms with Gasteiger partial charge in [0.1, 0.15) is 0 Å². The number of carbonyl (C=O) groups excluding carboxylic acids is 2. The van der Waals surface area contributed by atoms with Gasteiger partial charge in [0, 0.05) is 23.6 Å². The molecule has 0 radical (unpaired) electrons. The lowest BCUT2D eigenvalue weighted by atomic mass is 10.00. The van der Waals surface area contributed by atoms with Gasteiger partial charge in [-0.15, -0.1) is 0 Å². The molecule has 1 aromatic carbocycles. The Bertz CT molecular complexity index is 452. The molecule has 7 nitrogen and oxygen atoms in total. The Balaban J connectivity index is 3.23. The van der Waals surface area contributed by atoms with Crippen LogP contribution in [0.2, 0.25) is 0 Å². The Morgan fingerprint density at radius 3 is 2.41 bits per heavy atom. The highest BCUT2D eigenvalue weighted by atomic mass is 16.6. The standard InChI is InChI=1S/C10H11N3O4/c11-9(14)5-4-6-7(10(12)15)2-1-3-8(6)13(16)17/h1-3H,4-5H2,(H2,11,14)(H2,12,15). The molecule has 0 spiro atoms. The second-order valence-corrected chi connectivity index (χ2v) is 3.39. The van der Waals surface area contributed by atoms with Crippen LogP contribution < -0.4 is 11.5 Å². The molecule has 90 valence electrons. The molecular formula is C10H11N3O4. The van der Waals surface area contributed by atoms with Gasteiger partial charge in [-0.05, 0) is 12.5 Å². The van der Waals surface area contributed by atoms with Gasteiger partial charge in [0.15, 0.2) is 0 Å². The van der Waals surface area contributed by atoms with Crippen LogP contribution in [-0.2, 0) is 11.2 Å². The number of nitro groups is 1. The van der Waals surface area contributed by atoms with Crippen LogP contribution in [0.15, 0.2) is 18.2 Å². The fourth-order valence-electron chi connectivity index (χ4n) is 1.49. The van der Waals surface area contributed by atoms with Crippen LogP contribution in [0.4, 0.5) is 5.69 Å². The lowest BCUT2D eigenvalue weighted by molar-refractivity contribution is -0.385. The molecule has 0 saturated heterocycles. The maximum Gasteiger partial charge on any atom is 0.273 e. The first-order valence-corrected chi connectivity index (χ1v) is 4.78. The fourth-order valence-corrected chi connectivity index (χ4v) is 1.49. The van der Waals surface area contributed by atoms with E-state index in [0.29, 0.717) is 0 Å². The van der Waals surface area contributed by atoms with Gasteiger partial charge in [-0.3, -0.25) is 19.7 Å². The lowest BCUT2D eigenvalue weighted by Gasteiger charge is -2.06. The minimum absolute atomic E-state index is 0.0186. The molecule has 4 N–H and O–H groups in total. The summed E-state index contributed by atoms with van der Waals surface area (Å²) in [6.45, 7) is 0. The van der Waals surface area contributed by atoms with Crippen LogP contribution in [0.25, 0.3) is 0 Å². The van der Waals surface area contributed by atoms with Crippen LogP contribution in [0.3, 0.4) is 0 Å². The first-order chi connectivity index (χ1) is 7.93. The van der Waals surface area contributed by atoms with Crippen LogP contribution in [-0.4, -0.2) is 16.7 Å². The number of hydrogen-bond acceptors (Lipinski definition) is 4. The largest absolute Gasteiger partial charge is 0.370 e. The van der Waals surface area contributed by atoms with Gasteiger partial charge in [0.2, 0.25) is 11.8 Å². The summed E-state index contributed by atoms with van der Waals surface area (Å²) in [4.78, 5) is 32.0. The summed E-state index contributed by atoms with van der Waals surface area (Å²) < 4.78 is 0. The number of hydrogen-bond donors (Lipinski definition) is 2. The Morgan fingerprint density at radius 2 is 1.94 bits per heavy atom. The number of benzene rings is 1. The van der Waals surface area contributed by atoms with Crippen molar-refractivity contribution in [2.75, 3.05) is 0 Å². The highest BCUT2D eigenvalue weighted by Gasteiger charge is 2.20. The maximum atomic E-state index is 11.1. The van der Waals surface area contributed by atoms with E-state index in [9.17, 15) is 19.7 Å². The molecule has 0 unspecified atom stereocenters. The number of rotatable bonds is 5. The topological polar surface area (TPSA) is 129 Å². The van der Waals surface area contributed by atoms with Crippen LogP contribution in [0, 0.1) is 10.1 Å². The monoisotopic (exact) mass is 237 g/mol. The van der Waals surface area contributed by atoms with Crippen LogP contribution in [0.5, 0.6) is 0 Å². The van der Waals surface area contributed by atoms with Gasteiger partial charge < -0.3 is 11.5 Å². The number of carbonyl (C=O) groups is 2. The van der Waals surface area contributed by atoms with E-state index in [0.717, 1.165) is 0 Å². The van der Waals surface area contributed by atoms with Gasteiger partial charge in [-0.2, -0.15) is 0 Å². The maximum absolute atomic E-state index is 11.1. The third-order valence-corrected chi connectivity index (χ3v) is 2.23. The Hall–Kier alpha value is -2.44. The van der Waals surface area contributed by atoms with E-state index < -0.39 is 16.7 Å². The average molecular weight is 237 g/mol. The zero-order chi connectivity index (χ0) is 13.0. The van der Waals surface area contributed by atoms with Crippen molar-refractivity contribution < 1.29 is 14.5 Å². The van der Waals surface area contributed by atoms with Gasteiger partial charge >= 0.3 is 0 Å². The Labute approximate surface area is 96.5 Å². The van der Waals surface area contributed by atoms with E-state index in [4.69, 9.17) is 11.5 Å². The molecule has 0 aliphatic carbocycles. The molecule has 2 amide bonds. The summed E-state index contributed by atoms with van der Waals surface area (Å²) in [5.74, 6) is -1.37. The minimum atomic E-state index is -0.770. The molecule has 0 saturated carbocycles. The van der Waals surface area contributed by atoms with E-state index in [1.807, 2.05) is 0 Å². The van der Waals surface area contributed by atoms with Crippen LogP contribution >= 0.6 is 0 Å². The fraction of sp³-hybridized carbons (Fsp3) is 0.200. The molecule has 7 heteroatoms. The van der Waals surface area contributed by atoms with E-state index in [2.05, 4.69) is 0 Å². The van der Waals surface area contributed by atoms with E-state index in [1.165, 1.54) is 18.2 Å². The smallest absolute Gasteiger partial charge is 0.273 e. The van der Waals surface area contributed by atoms with Gasteiger partial charge in [-0.25, -0.2) is 0 Å². The van der Waals surface area contributed by atoms with Crippen molar-refractivity contribution in [3.05, 3.63) is 39.4 Å². The summed E-state index contributed by atoms with van der Waals surface area (Å²) >= 11 is 0. The Morgan fingerprint density at radius 1 is 1.29 bits per heavy atom. The molecule has 0 atom stereocenters. The molecule has 17 heavy (non-hydrogen) atoms. The van der Waals surface area contributed by atoms with Crippen molar-refractivity contribution in [1.82, 2.24) is 0 Å². The van der Waals surface area contributed by atoms with Crippen molar-refractivity contribution in [2.45, 2.75) is 12.8 Å². The van der Waals surface area contributed by atoms with Crippen molar-refractivity contribution in [3.63, 3.8) is 0 Å². The molecule has 0 heterocycles. The number of nitrogens with zero attached hydrogens (tertiary/aromatic N) is 1. The number of amides is 2. The minimum Gasteiger partial charge on any atom is -0.370 e. The number of nitro benzene ring substituents is 1. The summed E-state index contributed by atoms with van der Waals surface area (Å²) in [5, 5.41) is 10.8. The highest BCUT2D eigenvalue weighted by Crippen LogP contribution is 2.23. The second-order valence-electron chi connectivity index (χ2n) is 3.39. The molecule has 0 aliphatic rings. The summed E-state index contributed by atoms with van der Waals surface area (Å²) in [6.07, 6.45) is -0.0596. The normalized spacial score (nSPS) is 9.88. The van der Waals surface area contributed by atoms with Crippen molar-refractivity contribution in [1.29, 1.82) is 0 Å². The zero-order valence-corrected chi connectivity index (χ0v) is 8.88. The number of nitrogens with two attached hydrogens (primary N) is 2. The average Bonchev–Trinajstić information content (AvgIpc) is 2.25. The van der Waals surface area contributed by atoms with Crippen molar-refractivity contribution >= 4 is 17.5 Å². The van der Waals surface area contributed by atoms with Gasteiger partial charge in [0.25, 0.3) is 5.69 Å². The zero-order valence-electron chi connectivity index (χ0n) is 8.88. The van der Waals surface area contributed by atoms with Crippen LogP contribution in [0.1, 0.15) is 22.3 Å². The Kier molecular flexibility index (Phi) is 3.76. The van der Waals surface area contributed by atoms with E-state index in [-0.39, 0.29) is 29.7 Å². The van der Waals surface area contributed by atoms with E-state index >= 15 is 0 Å². The quantitative estimate of drug-likeness (QED) is 0.556. The molecule has 0 aromatic heterocycles. The predicted molar refractivity (Wildman–Crippen MR) is 59.1 cm³/mol. The summed E-state index contributed by atoms with van der Waals surface area (Å²) in [7, 11) is 0. The third-order valence-electron chi connectivity index (χ3n) is 2.23. The lowest BCUT2D eigenvalue weighted by Crippen LogP contribution is -2.17. The first-order valence-electron chi connectivity index (χ1n) is 4.78. The molecule has 0 fully saturated rings. The predicted octanol–water partition coefficient (Wildman–Crippen LogP) is 0.112.